The molecule has 24 heavy (non-hydrogen) atoms. The summed E-state index contributed by atoms with van der Waals surface area (Å²) < 4.78 is 1.67. The Morgan fingerprint density at radius 1 is 1.17 bits per heavy atom. The van der Waals surface area contributed by atoms with Crippen molar-refractivity contribution in [1.82, 2.24) is 24.6 Å². The molecule has 1 atom stereocenters. The highest BCUT2D eigenvalue weighted by atomic mass is 16.1. The van der Waals surface area contributed by atoms with Crippen molar-refractivity contribution < 1.29 is 0 Å². The first-order valence-electron chi connectivity index (χ1n) is 8.79. The smallest absolute Gasteiger partial charge is 0.266 e. The van der Waals surface area contributed by atoms with E-state index >= 15 is 0 Å². The Hall–Kier alpha value is -2.08. The lowest BCUT2D eigenvalue weighted by atomic mass is 10.2. The molecule has 2 aromatic rings. The first-order chi connectivity index (χ1) is 11.7. The zero-order valence-corrected chi connectivity index (χ0v) is 14.1. The molecule has 6 nitrogen and oxygen atoms in total. The zero-order valence-electron chi connectivity index (χ0n) is 14.1. The maximum Gasteiger partial charge on any atom is 0.266 e. The summed E-state index contributed by atoms with van der Waals surface area (Å²) >= 11 is 0. The highest BCUT2D eigenvalue weighted by Crippen LogP contribution is 2.38. The molecule has 2 fully saturated rings. The van der Waals surface area contributed by atoms with Gasteiger partial charge >= 0.3 is 0 Å². The van der Waals surface area contributed by atoms with E-state index in [1.807, 2.05) is 13.0 Å². The third-order valence-electron chi connectivity index (χ3n) is 5.10. The second-order valence-corrected chi connectivity index (χ2v) is 6.91. The van der Waals surface area contributed by atoms with Crippen LogP contribution in [0.15, 0.2) is 29.3 Å². The van der Waals surface area contributed by atoms with Crippen molar-refractivity contribution in [1.29, 1.82) is 0 Å². The third-order valence-corrected chi connectivity index (χ3v) is 5.10. The highest BCUT2D eigenvalue weighted by Gasteiger charge is 2.28. The minimum Gasteiger partial charge on any atom is -0.293 e. The van der Waals surface area contributed by atoms with E-state index in [9.17, 15) is 4.79 Å². The van der Waals surface area contributed by atoms with E-state index < -0.39 is 0 Å². The van der Waals surface area contributed by atoms with Crippen LogP contribution >= 0.6 is 0 Å². The summed E-state index contributed by atoms with van der Waals surface area (Å²) in [5.74, 6) is 0.568. The van der Waals surface area contributed by atoms with E-state index in [1.54, 1.807) is 23.1 Å². The minimum atomic E-state index is 0.00179. The van der Waals surface area contributed by atoms with Crippen LogP contribution < -0.4 is 5.56 Å². The second-order valence-electron chi connectivity index (χ2n) is 6.91. The molecule has 1 aliphatic carbocycles. The first-order valence-corrected chi connectivity index (χ1v) is 8.79. The molecule has 1 aliphatic heterocycles. The Bertz CT molecular complexity index is 783. The van der Waals surface area contributed by atoms with Gasteiger partial charge in [-0.1, -0.05) is 0 Å². The van der Waals surface area contributed by atoms with Gasteiger partial charge in [0.1, 0.15) is 0 Å². The van der Waals surface area contributed by atoms with Crippen LogP contribution in [0.3, 0.4) is 0 Å². The van der Waals surface area contributed by atoms with Gasteiger partial charge in [0.15, 0.2) is 0 Å². The molecule has 2 aliphatic rings. The molecule has 1 saturated heterocycles. The van der Waals surface area contributed by atoms with Crippen molar-refractivity contribution in [2.24, 2.45) is 0 Å². The lowest BCUT2D eigenvalue weighted by Crippen LogP contribution is -2.37. The fourth-order valence-corrected chi connectivity index (χ4v) is 3.49. The molecular formula is C18H23N5O. The summed E-state index contributed by atoms with van der Waals surface area (Å²) in [4.78, 5) is 23.4. The largest absolute Gasteiger partial charge is 0.293 e. The molecule has 0 spiro atoms. The van der Waals surface area contributed by atoms with Gasteiger partial charge in [-0.2, -0.15) is 5.10 Å². The van der Waals surface area contributed by atoms with Crippen LogP contribution in [0.5, 0.6) is 0 Å². The van der Waals surface area contributed by atoms with E-state index in [2.05, 4.69) is 20.0 Å². The number of nitrogens with zero attached hydrogens (tertiary/aromatic N) is 5. The predicted octanol–water partition coefficient (Wildman–Crippen LogP) is 1.88. The molecule has 0 bridgehead atoms. The second kappa shape index (κ2) is 6.43. The average molecular weight is 325 g/mol. The van der Waals surface area contributed by atoms with E-state index in [-0.39, 0.29) is 5.56 Å². The van der Waals surface area contributed by atoms with E-state index in [4.69, 9.17) is 0 Å². The number of hydrogen-bond acceptors (Lipinski definition) is 5. The first kappa shape index (κ1) is 15.4. The molecule has 126 valence electrons. The van der Waals surface area contributed by atoms with Crippen LogP contribution in [0, 0.1) is 6.92 Å². The fraction of sp³-hybridized carbons (Fsp3) is 0.556. The van der Waals surface area contributed by atoms with Gasteiger partial charge in [-0.25, -0.2) is 4.68 Å². The summed E-state index contributed by atoms with van der Waals surface area (Å²) in [7, 11) is 0. The Kier molecular flexibility index (Phi) is 4.14. The molecule has 0 radical (unpaired) electrons. The summed E-state index contributed by atoms with van der Waals surface area (Å²) in [6, 6.07) is 3.91. The molecule has 1 unspecified atom stereocenters. The maximum atomic E-state index is 12.2. The quantitative estimate of drug-likeness (QED) is 0.840. The van der Waals surface area contributed by atoms with Gasteiger partial charge in [0, 0.05) is 37.0 Å². The fourth-order valence-electron chi connectivity index (χ4n) is 3.49. The Labute approximate surface area is 141 Å². The lowest BCUT2D eigenvalue weighted by molar-refractivity contribution is 0.213. The summed E-state index contributed by atoms with van der Waals surface area (Å²) in [5.41, 5.74) is 3.08. The molecule has 3 heterocycles. The van der Waals surface area contributed by atoms with Crippen LogP contribution in [0.4, 0.5) is 0 Å². The molecule has 6 heteroatoms. The Morgan fingerprint density at radius 2 is 2.00 bits per heavy atom. The van der Waals surface area contributed by atoms with Crippen molar-refractivity contribution in [3.63, 3.8) is 0 Å². The minimum absolute atomic E-state index is 0.00179. The molecule has 0 amide bonds. The van der Waals surface area contributed by atoms with Crippen molar-refractivity contribution in [3.8, 4) is 0 Å². The predicted molar refractivity (Wildman–Crippen MR) is 90.7 cm³/mol. The van der Waals surface area contributed by atoms with Crippen molar-refractivity contribution >= 4 is 0 Å². The molecule has 1 saturated carbocycles. The van der Waals surface area contributed by atoms with Crippen LogP contribution in [0.1, 0.15) is 48.7 Å². The summed E-state index contributed by atoms with van der Waals surface area (Å²) in [5, 5.41) is 4.61. The van der Waals surface area contributed by atoms with Gasteiger partial charge in [0.25, 0.3) is 5.56 Å². The topological polar surface area (TPSA) is 63.9 Å². The zero-order chi connectivity index (χ0) is 16.5. The molecule has 0 aromatic carbocycles. The third kappa shape index (κ3) is 3.24. The monoisotopic (exact) mass is 325 g/mol. The number of aromatic nitrogens is 4. The van der Waals surface area contributed by atoms with Crippen LogP contribution in [0.2, 0.25) is 0 Å². The number of hydrogen-bond donors (Lipinski definition) is 0. The standard InChI is InChI=1S/C18H23N5O/c1-13-17(20-9-8-19-13)12-22-10-2-3-15(22)11-23-18(24)7-6-16(21-23)14-4-5-14/h6-9,14-15H,2-5,10-12H2,1H3. The summed E-state index contributed by atoms with van der Waals surface area (Å²) in [6.45, 7) is 4.50. The van der Waals surface area contributed by atoms with Crippen LogP contribution in [0.25, 0.3) is 0 Å². The summed E-state index contributed by atoms with van der Waals surface area (Å²) in [6.07, 6.45) is 8.13. The van der Waals surface area contributed by atoms with Gasteiger partial charge < -0.3 is 0 Å². The van der Waals surface area contributed by atoms with Gasteiger partial charge in [-0.3, -0.25) is 19.7 Å². The molecular weight excluding hydrogens is 302 g/mol. The average Bonchev–Trinajstić information content (AvgIpc) is 3.34. The number of rotatable bonds is 5. The van der Waals surface area contributed by atoms with Gasteiger partial charge in [0.05, 0.1) is 23.6 Å². The van der Waals surface area contributed by atoms with Crippen molar-refractivity contribution in [2.75, 3.05) is 6.54 Å². The van der Waals surface area contributed by atoms with Crippen molar-refractivity contribution in [3.05, 3.63) is 52.0 Å². The van der Waals surface area contributed by atoms with Crippen molar-refractivity contribution in [2.45, 2.75) is 57.7 Å². The molecule has 2 aromatic heterocycles. The van der Waals surface area contributed by atoms with Crippen LogP contribution in [-0.4, -0.2) is 37.2 Å². The number of aryl methyl sites for hydroxylation is 1. The lowest BCUT2D eigenvalue weighted by Gasteiger charge is -2.24. The Balaban J connectivity index is 1.50. The highest BCUT2D eigenvalue weighted by molar-refractivity contribution is 5.13. The maximum absolute atomic E-state index is 12.2. The Morgan fingerprint density at radius 3 is 2.79 bits per heavy atom. The van der Waals surface area contributed by atoms with E-state index in [1.165, 1.54) is 12.8 Å². The van der Waals surface area contributed by atoms with Gasteiger partial charge in [0.2, 0.25) is 0 Å². The van der Waals surface area contributed by atoms with E-state index in [0.29, 0.717) is 18.5 Å². The van der Waals surface area contributed by atoms with Gasteiger partial charge in [-0.15, -0.1) is 0 Å². The van der Waals surface area contributed by atoms with Crippen LogP contribution in [-0.2, 0) is 13.1 Å². The SMILES string of the molecule is Cc1nccnc1CN1CCCC1Cn1nc(C2CC2)ccc1=O. The van der Waals surface area contributed by atoms with Gasteiger partial charge in [-0.05, 0) is 45.2 Å². The molecule has 0 N–H and O–H groups in total. The molecule has 4 rings (SSSR count). The van der Waals surface area contributed by atoms with E-state index in [0.717, 1.165) is 43.0 Å². The normalized spacial score (nSPS) is 21.3. The number of likely N-dealkylation sites (tertiary alicyclic amines) is 1.